The molecule has 0 spiro atoms. The number of ether oxygens (including phenoxy) is 2. The molecule has 8 nitrogen and oxygen atoms in total. The SMILES string of the molecule is COC(=O)CCc1cnc(C2=Cc3ccccc3-c3c(C4CCCCC4)c4ccc(OC(=O)O)cc4n3C2)o1. The second-order valence-electron chi connectivity index (χ2n) is 10.2. The molecule has 3 heterocycles. The van der Waals surface area contributed by atoms with Crippen LogP contribution in [0.15, 0.2) is 53.1 Å². The van der Waals surface area contributed by atoms with Crippen LogP contribution in [0.4, 0.5) is 4.79 Å². The first-order chi connectivity index (χ1) is 19.0. The zero-order chi connectivity index (χ0) is 26.9. The summed E-state index contributed by atoms with van der Waals surface area (Å²) in [6.07, 6.45) is 8.99. The van der Waals surface area contributed by atoms with Gasteiger partial charge in [-0.1, -0.05) is 43.5 Å². The monoisotopic (exact) mass is 526 g/mol. The Hall–Kier alpha value is -4.33. The van der Waals surface area contributed by atoms with Crippen molar-refractivity contribution in [2.45, 2.75) is 57.4 Å². The highest BCUT2D eigenvalue weighted by Crippen LogP contribution is 2.47. The number of allylic oxidation sites excluding steroid dienone is 1. The number of aryl methyl sites for hydroxylation is 1. The average molecular weight is 527 g/mol. The highest BCUT2D eigenvalue weighted by atomic mass is 16.7. The summed E-state index contributed by atoms with van der Waals surface area (Å²) < 4.78 is 18.2. The summed E-state index contributed by atoms with van der Waals surface area (Å²) in [4.78, 5) is 27.5. The van der Waals surface area contributed by atoms with Gasteiger partial charge in [0.15, 0.2) is 0 Å². The molecule has 0 saturated heterocycles. The number of aromatic nitrogens is 2. The standard InChI is InChI=1S/C31H30N2O6/c1-37-27(34)14-12-23-17-32-30(38-23)21-15-20-9-5-6-10-24(20)29-28(19-7-3-2-4-8-19)25-13-11-22(39-31(35)36)16-26(25)33(29)18-21/h5-6,9-11,13,15-17,19H,2-4,7-8,12,14,18H2,1H3,(H,35,36). The molecule has 39 heavy (non-hydrogen) atoms. The zero-order valence-corrected chi connectivity index (χ0v) is 21.8. The number of hydrogen-bond acceptors (Lipinski definition) is 6. The molecule has 2 aliphatic rings. The number of carbonyl (C=O) groups excluding carboxylic acids is 1. The number of rotatable bonds is 6. The molecule has 1 N–H and O–H groups in total. The molecule has 0 amide bonds. The van der Waals surface area contributed by atoms with Crippen LogP contribution in [-0.2, 0) is 22.5 Å². The molecule has 0 bridgehead atoms. The highest BCUT2D eigenvalue weighted by molar-refractivity contribution is 5.98. The quantitative estimate of drug-likeness (QED) is 0.212. The molecule has 8 heteroatoms. The Morgan fingerprint density at radius 1 is 1.13 bits per heavy atom. The predicted molar refractivity (Wildman–Crippen MR) is 147 cm³/mol. The lowest BCUT2D eigenvalue weighted by Crippen LogP contribution is -2.07. The van der Waals surface area contributed by atoms with Crippen LogP contribution >= 0.6 is 0 Å². The summed E-state index contributed by atoms with van der Waals surface area (Å²) >= 11 is 0. The zero-order valence-electron chi connectivity index (χ0n) is 21.8. The van der Waals surface area contributed by atoms with E-state index in [-0.39, 0.29) is 18.1 Å². The fraction of sp³-hybridized carbons (Fsp3) is 0.323. The van der Waals surface area contributed by atoms with Crippen LogP contribution in [0.3, 0.4) is 0 Å². The summed E-state index contributed by atoms with van der Waals surface area (Å²) in [5, 5.41) is 10.4. The van der Waals surface area contributed by atoms with Crippen molar-refractivity contribution in [2.24, 2.45) is 0 Å². The molecule has 1 fully saturated rings. The third-order valence-corrected chi connectivity index (χ3v) is 7.80. The number of esters is 1. The number of methoxy groups -OCH3 is 1. The second kappa shape index (κ2) is 10.4. The molecular weight excluding hydrogens is 496 g/mol. The lowest BCUT2D eigenvalue weighted by molar-refractivity contribution is -0.140. The normalized spacial score (nSPS) is 15.3. The van der Waals surface area contributed by atoms with Crippen LogP contribution in [0.25, 0.3) is 33.8 Å². The number of nitrogens with zero attached hydrogens (tertiary/aromatic N) is 2. The molecule has 1 aliphatic heterocycles. The van der Waals surface area contributed by atoms with Crippen molar-refractivity contribution >= 4 is 34.7 Å². The Morgan fingerprint density at radius 3 is 2.74 bits per heavy atom. The van der Waals surface area contributed by atoms with Crippen molar-refractivity contribution in [3.63, 3.8) is 0 Å². The van der Waals surface area contributed by atoms with Gasteiger partial charge in [0.05, 0.1) is 37.5 Å². The lowest BCUT2D eigenvalue weighted by atomic mass is 9.81. The summed E-state index contributed by atoms with van der Waals surface area (Å²) in [5.41, 5.74) is 6.49. The molecular formula is C31H30N2O6. The maximum Gasteiger partial charge on any atom is 0.511 e. The van der Waals surface area contributed by atoms with Crippen molar-refractivity contribution in [1.29, 1.82) is 0 Å². The smallest absolute Gasteiger partial charge is 0.469 e. The number of benzene rings is 2. The number of oxazole rings is 1. The first-order valence-corrected chi connectivity index (χ1v) is 13.4. The van der Waals surface area contributed by atoms with E-state index in [9.17, 15) is 14.7 Å². The van der Waals surface area contributed by atoms with E-state index in [0.717, 1.165) is 46.1 Å². The lowest BCUT2D eigenvalue weighted by Gasteiger charge is -2.24. The van der Waals surface area contributed by atoms with Gasteiger partial charge in [-0.05, 0) is 48.1 Å². The third-order valence-electron chi connectivity index (χ3n) is 7.80. The fourth-order valence-corrected chi connectivity index (χ4v) is 6.05. The molecule has 4 aromatic rings. The minimum Gasteiger partial charge on any atom is -0.469 e. The number of hydrogen-bond donors (Lipinski definition) is 1. The van der Waals surface area contributed by atoms with Gasteiger partial charge in [-0.2, -0.15) is 0 Å². The summed E-state index contributed by atoms with van der Waals surface area (Å²) in [7, 11) is 1.37. The van der Waals surface area contributed by atoms with Crippen LogP contribution in [0.2, 0.25) is 0 Å². The minimum atomic E-state index is -1.34. The van der Waals surface area contributed by atoms with Crippen LogP contribution in [0.1, 0.15) is 67.2 Å². The Bertz CT molecular complexity index is 1590. The van der Waals surface area contributed by atoms with E-state index in [1.165, 1.54) is 31.9 Å². The van der Waals surface area contributed by atoms with Gasteiger partial charge in [0.25, 0.3) is 0 Å². The van der Waals surface area contributed by atoms with Crippen molar-refractivity contribution < 1.29 is 28.6 Å². The Balaban J connectivity index is 1.51. The molecule has 0 unspecified atom stereocenters. The van der Waals surface area contributed by atoms with Crippen molar-refractivity contribution in [3.05, 3.63) is 71.4 Å². The first-order valence-electron chi connectivity index (χ1n) is 13.4. The minimum absolute atomic E-state index is 0.219. The number of fused-ring (bicyclic) bond motifs is 5. The number of carbonyl (C=O) groups is 2. The van der Waals surface area contributed by atoms with E-state index < -0.39 is 6.16 Å². The number of carboxylic acid groups (broad SMARTS) is 1. The first kappa shape index (κ1) is 25.0. The van der Waals surface area contributed by atoms with E-state index >= 15 is 0 Å². The van der Waals surface area contributed by atoms with Crippen molar-refractivity contribution in [3.8, 4) is 17.0 Å². The largest absolute Gasteiger partial charge is 0.511 e. The van der Waals surface area contributed by atoms with Gasteiger partial charge in [0.2, 0.25) is 5.89 Å². The Labute approximate surface area is 225 Å². The molecule has 1 saturated carbocycles. The van der Waals surface area contributed by atoms with Crippen LogP contribution in [-0.4, -0.2) is 33.9 Å². The van der Waals surface area contributed by atoms with Gasteiger partial charge in [-0.15, -0.1) is 0 Å². The third kappa shape index (κ3) is 4.82. The molecule has 1 aliphatic carbocycles. The van der Waals surface area contributed by atoms with E-state index in [1.807, 2.05) is 18.2 Å². The maximum atomic E-state index is 11.6. The summed E-state index contributed by atoms with van der Waals surface area (Å²) in [5.74, 6) is 1.52. The van der Waals surface area contributed by atoms with Gasteiger partial charge < -0.3 is 23.6 Å². The van der Waals surface area contributed by atoms with Gasteiger partial charge in [-0.3, -0.25) is 4.79 Å². The van der Waals surface area contributed by atoms with Gasteiger partial charge in [-0.25, -0.2) is 9.78 Å². The Morgan fingerprint density at radius 2 is 1.95 bits per heavy atom. The predicted octanol–water partition coefficient (Wildman–Crippen LogP) is 7.06. The van der Waals surface area contributed by atoms with E-state index in [1.54, 1.807) is 12.3 Å². The average Bonchev–Trinajstić information content (AvgIpc) is 3.50. The van der Waals surface area contributed by atoms with Crippen molar-refractivity contribution in [1.82, 2.24) is 9.55 Å². The van der Waals surface area contributed by atoms with Gasteiger partial charge >= 0.3 is 12.1 Å². The Kier molecular flexibility index (Phi) is 6.69. The second-order valence-corrected chi connectivity index (χ2v) is 10.2. The fourth-order valence-electron chi connectivity index (χ4n) is 6.05. The molecule has 0 atom stereocenters. The van der Waals surface area contributed by atoms with E-state index in [0.29, 0.717) is 30.5 Å². The van der Waals surface area contributed by atoms with Gasteiger partial charge in [0.1, 0.15) is 11.5 Å². The maximum absolute atomic E-state index is 11.6. The summed E-state index contributed by atoms with van der Waals surface area (Å²) in [6.45, 7) is 0.487. The van der Waals surface area contributed by atoms with Crippen molar-refractivity contribution in [2.75, 3.05) is 7.11 Å². The van der Waals surface area contributed by atoms with E-state index in [2.05, 4.69) is 33.8 Å². The van der Waals surface area contributed by atoms with Crippen LogP contribution in [0.5, 0.6) is 5.75 Å². The van der Waals surface area contributed by atoms with Crippen LogP contribution < -0.4 is 4.74 Å². The molecule has 2 aromatic heterocycles. The summed E-state index contributed by atoms with van der Waals surface area (Å²) in [6, 6.07) is 13.9. The van der Waals surface area contributed by atoms with Crippen LogP contribution in [0, 0.1) is 0 Å². The molecule has 2 aromatic carbocycles. The van der Waals surface area contributed by atoms with E-state index in [4.69, 9.17) is 13.9 Å². The molecule has 6 rings (SSSR count). The van der Waals surface area contributed by atoms with Gasteiger partial charge in [0, 0.05) is 29.0 Å². The highest BCUT2D eigenvalue weighted by Gasteiger charge is 2.30. The molecule has 200 valence electrons. The molecule has 0 radical (unpaired) electrons. The topological polar surface area (TPSA) is 104 Å².